The third-order valence-corrected chi connectivity index (χ3v) is 5.75. The van der Waals surface area contributed by atoms with Gasteiger partial charge in [-0.25, -0.2) is 0 Å². The molecule has 1 atom stereocenters. The normalized spacial score (nSPS) is 17.1. The Labute approximate surface area is 197 Å². The van der Waals surface area contributed by atoms with Gasteiger partial charge in [-0.1, -0.05) is 6.07 Å². The molecule has 1 aliphatic heterocycles. The molecule has 2 aromatic carbocycles. The van der Waals surface area contributed by atoms with Crippen LogP contribution >= 0.6 is 0 Å². The topological polar surface area (TPSA) is 92.2 Å². The standard InChI is InChI=1S/C26H25N3O5/c1-28(2)17-7-9-18(10-8-17)29-23(16-6-5-13-27-15-16)22(25(31)26(29)32)24(30)20-14-19(33-3)11-12-21(20)34-4/h5-15,23,30H,1-4H3/b24-22+. The highest BCUT2D eigenvalue weighted by Gasteiger charge is 2.47. The van der Waals surface area contributed by atoms with E-state index in [4.69, 9.17) is 9.47 Å². The summed E-state index contributed by atoms with van der Waals surface area (Å²) < 4.78 is 10.7. The van der Waals surface area contributed by atoms with Crippen LogP contribution in [0.5, 0.6) is 11.5 Å². The Morgan fingerprint density at radius 1 is 1.03 bits per heavy atom. The van der Waals surface area contributed by atoms with Crippen LogP contribution in [0.1, 0.15) is 17.2 Å². The summed E-state index contributed by atoms with van der Waals surface area (Å²) in [5, 5.41) is 11.4. The maximum absolute atomic E-state index is 13.3. The Hall–Kier alpha value is -4.33. The number of ether oxygens (including phenoxy) is 2. The molecule has 174 valence electrons. The van der Waals surface area contributed by atoms with Gasteiger partial charge < -0.3 is 19.5 Å². The molecule has 0 aliphatic carbocycles. The first kappa shape index (κ1) is 22.8. The van der Waals surface area contributed by atoms with Gasteiger partial charge in [0, 0.05) is 37.9 Å². The van der Waals surface area contributed by atoms with Crippen LogP contribution in [0.25, 0.3) is 5.76 Å². The van der Waals surface area contributed by atoms with E-state index in [1.807, 2.05) is 31.1 Å². The summed E-state index contributed by atoms with van der Waals surface area (Å²) in [5.74, 6) is -1.09. The molecule has 3 aromatic rings. The molecule has 1 aromatic heterocycles. The van der Waals surface area contributed by atoms with E-state index >= 15 is 0 Å². The number of aliphatic hydroxyl groups is 1. The lowest BCUT2D eigenvalue weighted by molar-refractivity contribution is -0.132. The van der Waals surface area contributed by atoms with Gasteiger partial charge in [-0.05, 0) is 54.1 Å². The van der Waals surface area contributed by atoms with Gasteiger partial charge in [0.2, 0.25) is 0 Å². The number of hydrogen-bond acceptors (Lipinski definition) is 7. The van der Waals surface area contributed by atoms with E-state index in [0.717, 1.165) is 5.69 Å². The molecule has 1 N–H and O–H groups in total. The van der Waals surface area contributed by atoms with E-state index in [1.165, 1.54) is 19.1 Å². The minimum absolute atomic E-state index is 0.0544. The summed E-state index contributed by atoms with van der Waals surface area (Å²) >= 11 is 0. The zero-order valence-corrected chi connectivity index (χ0v) is 19.4. The number of pyridine rings is 1. The minimum atomic E-state index is -0.880. The molecule has 2 heterocycles. The molecule has 1 saturated heterocycles. The fraction of sp³-hybridized carbons (Fsp3) is 0.192. The number of methoxy groups -OCH3 is 2. The zero-order chi connectivity index (χ0) is 24.4. The fourth-order valence-corrected chi connectivity index (χ4v) is 4.01. The first-order valence-corrected chi connectivity index (χ1v) is 10.6. The predicted octanol–water partition coefficient (Wildman–Crippen LogP) is 3.79. The number of anilines is 2. The lowest BCUT2D eigenvalue weighted by atomic mass is 9.95. The second kappa shape index (κ2) is 9.27. The van der Waals surface area contributed by atoms with Crippen molar-refractivity contribution in [2.24, 2.45) is 0 Å². The van der Waals surface area contributed by atoms with Gasteiger partial charge in [0.25, 0.3) is 11.7 Å². The van der Waals surface area contributed by atoms with Crippen LogP contribution in [-0.2, 0) is 9.59 Å². The van der Waals surface area contributed by atoms with Crippen molar-refractivity contribution in [2.75, 3.05) is 38.1 Å². The van der Waals surface area contributed by atoms with Crippen molar-refractivity contribution in [1.82, 2.24) is 4.98 Å². The van der Waals surface area contributed by atoms with E-state index in [-0.39, 0.29) is 16.9 Å². The lowest BCUT2D eigenvalue weighted by Crippen LogP contribution is -2.29. The van der Waals surface area contributed by atoms with Gasteiger partial charge in [-0.15, -0.1) is 0 Å². The monoisotopic (exact) mass is 459 g/mol. The number of carbonyl (C=O) groups excluding carboxylic acids is 2. The van der Waals surface area contributed by atoms with Crippen molar-refractivity contribution in [1.29, 1.82) is 0 Å². The smallest absolute Gasteiger partial charge is 0.300 e. The summed E-state index contributed by atoms with van der Waals surface area (Å²) in [7, 11) is 6.79. The van der Waals surface area contributed by atoms with Gasteiger partial charge in [0.1, 0.15) is 17.3 Å². The Kier molecular flexibility index (Phi) is 6.23. The third-order valence-electron chi connectivity index (χ3n) is 5.75. The largest absolute Gasteiger partial charge is 0.507 e. The molecule has 1 unspecified atom stereocenters. The fourth-order valence-electron chi connectivity index (χ4n) is 4.01. The maximum atomic E-state index is 13.3. The van der Waals surface area contributed by atoms with Gasteiger partial charge in [-0.2, -0.15) is 0 Å². The lowest BCUT2D eigenvalue weighted by Gasteiger charge is -2.26. The molecule has 0 saturated carbocycles. The Morgan fingerprint density at radius 3 is 2.35 bits per heavy atom. The van der Waals surface area contributed by atoms with Gasteiger partial charge in [0.05, 0.1) is 31.4 Å². The summed E-state index contributed by atoms with van der Waals surface area (Å²) in [6.45, 7) is 0. The van der Waals surface area contributed by atoms with Crippen molar-refractivity contribution in [3.63, 3.8) is 0 Å². The molecule has 1 aliphatic rings. The summed E-state index contributed by atoms with van der Waals surface area (Å²) in [6, 6.07) is 14.7. The molecule has 1 fully saturated rings. The number of ketones is 1. The highest BCUT2D eigenvalue weighted by atomic mass is 16.5. The van der Waals surface area contributed by atoms with Crippen molar-refractivity contribution in [3.8, 4) is 11.5 Å². The average molecular weight is 460 g/mol. The second-order valence-electron chi connectivity index (χ2n) is 7.93. The Morgan fingerprint density at radius 2 is 1.76 bits per heavy atom. The first-order valence-electron chi connectivity index (χ1n) is 10.6. The molecule has 4 rings (SSSR count). The van der Waals surface area contributed by atoms with E-state index in [9.17, 15) is 14.7 Å². The number of aliphatic hydroxyl groups excluding tert-OH is 1. The van der Waals surface area contributed by atoms with E-state index in [2.05, 4.69) is 4.98 Å². The van der Waals surface area contributed by atoms with Crippen LogP contribution in [0.3, 0.4) is 0 Å². The molecule has 8 heteroatoms. The molecular weight excluding hydrogens is 434 g/mol. The number of hydrogen-bond donors (Lipinski definition) is 1. The van der Waals surface area contributed by atoms with Crippen LogP contribution in [0.2, 0.25) is 0 Å². The molecular formula is C26H25N3O5. The predicted molar refractivity (Wildman–Crippen MR) is 129 cm³/mol. The highest BCUT2D eigenvalue weighted by molar-refractivity contribution is 6.51. The number of amides is 1. The zero-order valence-electron chi connectivity index (χ0n) is 19.4. The quantitative estimate of drug-likeness (QED) is 0.341. The molecule has 0 spiro atoms. The number of carbonyl (C=O) groups is 2. The molecule has 34 heavy (non-hydrogen) atoms. The van der Waals surface area contributed by atoms with Crippen molar-refractivity contribution in [2.45, 2.75) is 6.04 Å². The number of aromatic nitrogens is 1. The van der Waals surface area contributed by atoms with Gasteiger partial charge >= 0.3 is 0 Å². The van der Waals surface area contributed by atoms with Gasteiger partial charge in [0.15, 0.2) is 0 Å². The van der Waals surface area contributed by atoms with Crippen LogP contribution in [0.15, 0.2) is 72.6 Å². The molecule has 0 bridgehead atoms. The number of nitrogens with zero attached hydrogens (tertiary/aromatic N) is 3. The van der Waals surface area contributed by atoms with Crippen molar-refractivity contribution < 1.29 is 24.2 Å². The van der Waals surface area contributed by atoms with Crippen LogP contribution < -0.4 is 19.3 Å². The van der Waals surface area contributed by atoms with Gasteiger partial charge in [-0.3, -0.25) is 19.5 Å². The Bertz CT molecular complexity index is 1250. The van der Waals surface area contributed by atoms with E-state index < -0.39 is 17.7 Å². The molecule has 0 radical (unpaired) electrons. The summed E-state index contributed by atoms with van der Waals surface area (Å²) in [4.78, 5) is 34.1. The maximum Gasteiger partial charge on any atom is 0.300 e. The van der Waals surface area contributed by atoms with Crippen molar-refractivity contribution in [3.05, 3.63) is 83.7 Å². The van der Waals surface area contributed by atoms with Crippen LogP contribution in [0, 0.1) is 0 Å². The number of Topliss-reactive ketones (excluding diaryl/α,β-unsaturated/α-hetero) is 1. The molecule has 1 amide bonds. The average Bonchev–Trinajstić information content (AvgIpc) is 3.14. The van der Waals surface area contributed by atoms with Crippen LogP contribution in [-0.4, -0.2) is 50.1 Å². The minimum Gasteiger partial charge on any atom is -0.507 e. The summed E-state index contributed by atoms with van der Waals surface area (Å²) in [6.07, 6.45) is 3.18. The first-order chi connectivity index (χ1) is 16.4. The van der Waals surface area contributed by atoms with E-state index in [0.29, 0.717) is 22.7 Å². The Balaban J connectivity index is 1.94. The number of benzene rings is 2. The van der Waals surface area contributed by atoms with E-state index in [1.54, 1.807) is 54.9 Å². The SMILES string of the molecule is COc1ccc(OC)c(/C(O)=C2\C(=O)C(=O)N(c3ccc(N(C)C)cc3)C2c2cccnc2)c1. The molecule has 8 nitrogen and oxygen atoms in total. The van der Waals surface area contributed by atoms with Crippen LogP contribution in [0.4, 0.5) is 11.4 Å². The number of rotatable bonds is 6. The summed E-state index contributed by atoms with van der Waals surface area (Å²) in [5.41, 5.74) is 2.25. The third kappa shape index (κ3) is 3.94. The highest BCUT2D eigenvalue weighted by Crippen LogP contribution is 2.43. The van der Waals surface area contributed by atoms with Crippen molar-refractivity contribution >= 4 is 28.8 Å². The second-order valence-corrected chi connectivity index (χ2v) is 7.93.